The van der Waals surface area contributed by atoms with Gasteiger partial charge in [0.05, 0.1) is 6.61 Å². The van der Waals surface area contributed by atoms with Crippen LogP contribution in [0.1, 0.15) is 0 Å². The molecular formula is C3H5F3O3. The minimum absolute atomic E-state index is 1.28. The highest BCUT2D eigenvalue weighted by Crippen LogP contribution is 2.21. The molecule has 0 aliphatic carbocycles. The first kappa shape index (κ1) is 8.67. The van der Waals surface area contributed by atoms with Crippen LogP contribution < -0.4 is 0 Å². The standard InChI is InChI=1S/C3H5F3O3/c4-3(5,6)2(1-7)9-8/h2,7-8H,1H2. The highest BCUT2D eigenvalue weighted by atomic mass is 19.4. The third kappa shape index (κ3) is 2.64. The van der Waals surface area contributed by atoms with E-state index in [0.717, 1.165) is 0 Å². The molecule has 0 aromatic carbocycles. The molecule has 0 fully saturated rings. The van der Waals surface area contributed by atoms with E-state index in [1.54, 1.807) is 0 Å². The van der Waals surface area contributed by atoms with Gasteiger partial charge in [0.15, 0.2) is 0 Å². The molecule has 0 saturated carbocycles. The Balaban J connectivity index is 3.79. The average molecular weight is 146 g/mol. The van der Waals surface area contributed by atoms with Crippen molar-refractivity contribution in [2.75, 3.05) is 6.61 Å². The van der Waals surface area contributed by atoms with Crippen molar-refractivity contribution in [3.8, 4) is 0 Å². The maximum absolute atomic E-state index is 11.3. The van der Waals surface area contributed by atoms with Gasteiger partial charge in [0.1, 0.15) is 0 Å². The van der Waals surface area contributed by atoms with E-state index in [0.29, 0.717) is 0 Å². The lowest BCUT2D eigenvalue weighted by Crippen LogP contribution is -2.33. The van der Waals surface area contributed by atoms with Gasteiger partial charge >= 0.3 is 6.18 Å². The molecule has 0 radical (unpaired) electrons. The minimum Gasteiger partial charge on any atom is -0.393 e. The largest absolute Gasteiger partial charge is 0.420 e. The normalized spacial score (nSPS) is 15.7. The van der Waals surface area contributed by atoms with E-state index in [4.69, 9.17) is 10.4 Å². The van der Waals surface area contributed by atoms with Gasteiger partial charge in [-0.1, -0.05) is 0 Å². The highest BCUT2D eigenvalue weighted by Gasteiger charge is 2.40. The summed E-state index contributed by atoms with van der Waals surface area (Å²) in [7, 11) is 0. The molecule has 56 valence electrons. The van der Waals surface area contributed by atoms with Gasteiger partial charge in [0.2, 0.25) is 6.10 Å². The van der Waals surface area contributed by atoms with E-state index < -0.39 is 18.9 Å². The second-order valence-electron chi connectivity index (χ2n) is 1.32. The topological polar surface area (TPSA) is 49.7 Å². The molecule has 0 heterocycles. The van der Waals surface area contributed by atoms with Gasteiger partial charge in [0.25, 0.3) is 0 Å². The van der Waals surface area contributed by atoms with E-state index in [9.17, 15) is 13.2 Å². The molecule has 1 atom stereocenters. The Morgan fingerprint density at radius 1 is 1.44 bits per heavy atom. The van der Waals surface area contributed by atoms with Gasteiger partial charge in [-0.15, -0.1) is 0 Å². The SMILES string of the molecule is OCC(OO)C(F)(F)F. The third-order valence-electron chi connectivity index (χ3n) is 0.658. The van der Waals surface area contributed by atoms with Crippen molar-refractivity contribution in [1.29, 1.82) is 0 Å². The molecule has 0 aromatic rings. The van der Waals surface area contributed by atoms with Crippen molar-refractivity contribution < 1.29 is 28.4 Å². The van der Waals surface area contributed by atoms with Gasteiger partial charge in [-0.2, -0.15) is 13.2 Å². The number of rotatable bonds is 2. The lowest BCUT2D eigenvalue weighted by atomic mass is 10.4. The number of halogens is 3. The predicted octanol–water partition coefficient (Wildman–Crippen LogP) is 0.399. The molecule has 0 bridgehead atoms. The summed E-state index contributed by atoms with van der Waals surface area (Å²) < 4.78 is 33.8. The van der Waals surface area contributed by atoms with Crippen LogP contribution in [0.25, 0.3) is 0 Å². The summed E-state index contributed by atoms with van der Waals surface area (Å²) in [5, 5.41) is 15.3. The fourth-order valence-electron chi connectivity index (χ4n) is 0.197. The zero-order valence-electron chi connectivity index (χ0n) is 4.22. The third-order valence-corrected chi connectivity index (χ3v) is 0.658. The van der Waals surface area contributed by atoms with E-state index in [1.165, 1.54) is 0 Å². The van der Waals surface area contributed by atoms with Crippen molar-refractivity contribution >= 4 is 0 Å². The first-order chi connectivity index (χ1) is 4.02. The van der Waals surface area contributed by atoms with Crippen LogP contribution in [-0.4, -0.2) is 29.3 Å². The molecule has 0 spiro atoms. The quantitative estimate of drug-likeness (QED) is 0.438. The minimum atomic E-state index is -4.70. The monoisotopic (exact) mass is 146 g/mol. The second-order valence-corrected chi connectivity index (χ2v) is 1.32. The average Bonchev–Trinajstić information content (AvgIpc) is 1.65. The van der Waals surface area contributed by atoms with Crippen LogP contribution in [0.4, 0.5) is 13.2 Å². The first-order valence-electron chi connectivity index (χ1n) is 2.00. The van der Waals surface area contributed by atoms with Crippen LogP contribution in [0.3, 0.4) is 0 Å². The molecule has 2 N–H and O–H groups in total. The molecule has 0 saturated heterocycles. The number of aliphatic hydroxyl groups is 1. The smallest absolute Gasteiger partial charge is 0.393 e. The van der Waals surface area contributed by atoms with Gasteiger partial charge < -0.3 is 5.11 Å². The first-order valence-corrected chi connectivity index (χ1v) is 2.00. The lowest BCUT2D eigenvalue weighted by molar-refractivity contribution is -0.355. The molecule has 0 aromatic heterocycles. The van der Waals surface area contributed by atoms with Gasteiger partial charge in [-0.05, 0) is 0 Å². The van der Waals surface area contributed by atoms with Crippen molar-refractivity contribution in [3.05, 3.63) is 0 Å². The van der Waals surface area contributed by atoms with E-state index >= 15 is 0 Å². The Morgan fingerprint density at radius 3 is 1.89 bits per heavy atom. The van der Waals surface area contributed by atoms with Crippen LogP contribution in [0.15, 0.2) is 0 Å². The molecule has 0 amide bonds. The fourth-order valence-corrected chi connectivity index (χ4v) is 0.197. The van der Waals surface area contributed by atoms with Gasteiger partial charge in [-0.25, -0.2) is 4.89 Å². The summed E-state index contributed by atoms with van der Waals surface area (Å²) in [5.41, 5.74) is 0. The Hall–Kier alpha value is -0.330. The molecule has 0 rings (SSSR count). The Labute approximate surface area is 48.6 Å². The van der Waals surface area contributed by atoms with Crippen LogP contribution in [0.2, 0.25) is 0 Å². The molecule has 0 aliphatic heterocycles. The zero-order chi connectivity index (χ0) is 7.49. The van der Waals surface area contributed by atoms with E-state index in [2.05, 4.69) is 4.89 Å². The highest BCUT2D eigenvalue weighted by molar-refractivity contribution is 4.63. The van der Waals surface area contributed by atoms with E-state index in [1.807, 2.05) is 0 Å². The summed E-state index contributed by atoms with van der Waals surface area (Å²) in [6.07, 6.45) is -7.19. The summed E-state index contributed by atoms with van der Waals surface area (Å²) in [6.45, 7) is -1.28. The Kier molecular flexibility index (Phi) is 2.89. The molecule has 0 aliphatic rings. The maximum atomic E-state index is 11.3. The van der Waals surface area contributed by atoms with Gasteiger partial charge in [0, 0.05) is 0 Å². The van der Waals surface area contributed by atoms with Crippen LogP contribution >= 0.6 is 0 Å². The Bertz CT molecular complexity index is 76.9. The summed E-state index contributed by atoms with van der Waals surface area (Å²) in [5.74, 6) is 0. The Morgan fingerprint density at radius 2 is 1.89 bits per heavy atom. The zero-order valence-corrected chi connectivity index (χ0v) is 4.22. The molecule has 6 heteroatoms. The number of hydrogen-bond donors (Lipinski definition) is 2. The van der Waals surface area contributed by atoms with Crippen molar-refractivity contribution in [3.63, 3.8) is 0 Å². The molecule has 3 nitrogen and oxygen atoms in total. The molecule has 9 heavy (non-hydrogen) atoms. The van der Waals surface area contributed by atoms with Crippen LogP contribution in [0.5, 0.6) is 0 Å². The van der Waals surface area contributed by atoms with Crippen molar-refractivity contribution in [2.45, 2.75) is 12.3 Å². The second kappa shape index (κ2) is 3.00. The van der Waals surface area contributed by atoms with Gasteiger partial charge in [-0.3, -0.25) is 5.26 Å². The van der Waals surface area contributed by atoms with Crippen molar-refractivity contribution in [1.82, 2.24) is 0 Å². The molecular weight excluding hydrogens is 141 g/mol. The molecule has 1 unspecified atom stereocenters. The van der Waals surface area contributed by atoms with Crippen molar-refractivity contribution in [2.24, 2.45) is 0 Å². The summed E-state index contributed by atoms with van der Waals surface area (Å²) >= 11 is 0. The van der Waals surface area contributed by atoms with Crippen LogP contribution in [0, 0.1) is 0 Å². The lowest BCUT2D eigenvalue weighted by Gasteiger charge is -2.12. The number of aliphatic hydroxyl groups excluding tert-OH is 1. The number of hydrogen-bond acceptors (Lipinski definition) is 3. The summed E-state index contributed by atoms with van der Waals surface area (Å²) in [6, 6.07) is 0. The maximum Gasteiger partial charge on any atom is 0.420 e. The summed E-state index contributed by atoms with van der Waals surface area (Å²) in [4.78, 5) is 2.89. The fraction of sp³-hybridized carbons (Fsp3) is 1.00. The number of alkyl halides is 3. The van der Waals surface area contributed by atoms with E-state index in [-0.39, 0.29) is 0 Å². The predicted molar refractivity (Wildman–Crippen MR) is 20.6 cm³/mol. The van der Waals surface area contributed by atoms with Crippen LogP contribution in [-0.2, 0) is 4.89 Å².